The Bertz CT molecular complexity index is 1180. The zero-order chi connectivity index (χ0) is 22.1. The number of rotatable bonds is 5. The Hall–Kier alpha value is -3.88. The first-order valence-corrected chi connectivity index (χ1v) is 9.79. The van der Waals surface area contributed by atoms with E-state index >= 15 is 0 Å². The number of hydrogen-bond acceptors (Lipinski definition) is 7. The molecule has 0 fully saturated rings. The van der Waals surface area contributed by atoms with Gasteiger partial charge in [0, 0.05) is 23.0 Å². The predicted octanol–water partition coefficient (Wildman–Crippen LogP) is 3.23. The average Bonchev–Trinajstić information content (AvgIpc) is 3.22. The Balaban J connectivity index is 1.81. The number of carbonyl (C=O) groups excluding carboxylic acids is 1. The molecule has 0 aliphatic carbocycles. The minimum Gasteiger partial charge on any atom is -0.497 e. The Morgan fingerprint density at radius 2 is 1.90 bits per heavy atom. The quantitative estimate of drug-likeness (QED) is 0.653. The molecule has 160 valence electrons. The minimum atomic E-state index is -0.585. The van der Waals surface area contributed by atoms with Crippen molar-refractivity contribution in [3.05, 3.63) is 64.4 Å². The van der Waals surface area contributed by atoms with Gasteiger partial charge in [0.1, 0.15) is 17.5 Å². The second-order valence-corrected chi connectivity index (χ2v) is 7.39. The van der Waals surface area contributed by atoms with Gasteiger partial charge in [0.25, 0.3) is 5.91 Å². The summed E-state index contributed by atoms with van der Waals surface area (Å²) in [5.74, 6) is 1.41. The number of methoxy groups -OCH3 is 2. The van der Waals surface area contributed by atoms with E-state index in [1.165, 1.54) is 0 Å². The number of allylic oxidation sites excluding steroid dienone is 1. The zero-order valence-electron chi connectivity index (χ0n) is 18.1. The molecule has 0 spiro atoms. The number of nitrogens with zero attached hydrogens (tertiary/aromatic N) is 4. The van der Waals surface area contributed by atoms with Gasteiger partial charge in [-0.2, -0.15) is 4.68 Å². The highest BCUT2D eigenvalue weighted by atomic mass is 16.5. The molecule has 1 aliphatic rings. The van der Waals surface area contributed by atoms with Crippen molar-refractivity contribution in [2.24, 2.45) is 0 Å². The minimum absolute atomic E-state index is 0.249. The molecule has 1 aliphatic heterocycles. The number of fused-ring (bicyclic) bond motifs is 1. The molecule has 0 bridgehead atoms. The van der Waals surface area contributed by atoms with Crippen molar-refractivity contribution >= 4 is 17.5 Å². The summed E-state index contributed by atoms with van der Waals surface area (Å²) in [7, 11) is 3.16. The summed E-state index contributed by atoms with van der Waals surface area (Å²) in [5, 5.41) is 18.1. The molecule has 9 nitrogen and oxygen atoms in total. The number of aromatic nitrogens is 4. The molecule has 9 heteroatoms. The van der Waals surface area contributed by atoms with Crippen molar-refractivity contribution in [2.75, 3.05) is 24.9 Å². The average molecular weight is 420 g/mol. The Morgan fingerprint density at radius 1 is 1.10 bits per heavy atom. The van der Waals surface area contributed by atoms with Gasteiger partial charge in [0.15, 0.2) is 0 Å². The van der Waals surface area contributed by atoms with Crippen LogP contribution in [0.1, 0.15) is 29.7 Å². The third-order valence-electron chi connectivity index (χ3n) is 5.32. The molecule has 1 amide bonds. The fourth-order valence-electron chi connectivity index (χ4n) is 3.78. The van der Waals surface area contributed by atoms with E-state index < -0.39 is 6.04 Å². The van der Waals surface area contributed by atoms with Crippen LogP contribution in [0.2, 0.25) is 0 Å². The summed E-state index contributed by atoms with van der Waals surface area (Å²) in [6.07, 6.45) is 0. The number of tetrazole rings is 1. The third kappa shape index (κ3) is 3.70. The van der Waals surface area contributed by atoms with Crippen LogP contribution in [0, 0.1) is 13.8 Å². The van der Waals surface area contributed by atoms with Gasteiger partial charge >= 0.3 is 0 Å². The summed E-state index contributed by atoms with van der Waals surface area (Å²) in [6.45, 7) is 5.81. The first-order chi connectivity index (χ1) is 14.9. The maximum Gasteiger partial charge on any atom is 0.255 e. The zero-order valence-corrected chi connectivity index (χ0v) is 18.1. The van der Waals surface area contributed by atoms with Gasteiger partial charge in [0.05, 0.1) is 19.8 Å². The molecule has 1 unspecified atom stereocenters. The first-order valence-electron chi connectivity index (χ1n) is 9.79. The highest BCUT2D eigenvalue weighted by molar-refractivity contribution is 6.06. The van der Waals surface area contributed by atoms with Crippen LogP contribution in [-0.4, -0.2) is 40.3 Å². The van der Waals surface area contributed by atoms with Gasteiger partial charge < -0.3 is 20.1 Å². The van der Waals surface area contributed by atoms with E-state index in [2.05, 4.69) is 26.2 Å². The summed E-state index contributed by atoms with van der Waals surface area (Å²) >= 11 is 0. The molecule has 1 aromatic heterocycles. The van der Waals surface area contributed by atoms with Crippen molar-refractivity contribution < 1.29 is 14.3 Å². The van der Waals surface area contributed by atoms with Crippen LogP contribution < -0.4 is 20.1 Å². The van der Waals surface area contributed by atoms with Crippen molar-refractivity contribution in [3.63, 3.8) is 0 Å². The van der Waals surface area contributed by atoms with E-state index in [1.807, 2.05) is 51.1 Å². The fourth-order valence-corrected chi connectivity index (χ4v) is 3.78. The molecule has 4 rings (SSSR count). The molecule has 3 aromatic rings. The molecule has 0 saturated heterocycles. The highest BCUT2D eigenvalue weighted by Crippen LogP contribution is 2.40. The van der Waals surface area contributed by atoms with E-state index in [-0.39, 0.29) is 5.91 Å². The molecular formula is C22H24N6O3. The van der Waals surface area contributed by atoms with Crippen molar-refractivity contribution in [1.29, 1.82) is 0 Å². The fraction of sp³-hybridized carbons (Fsp3) is 0.273. The van der Waals surface area contributed by atoms with Gasteiger partial charge in [-0.1, -0.05) is 22.8 Å². The normalized spacial score (nSPS) is 15.2. The monoisotopic (exact) mass is 420 g/mol. The molecular weight excluding hydrogens is 396 g/mol. The molecule has 0 radical (unpaired) electrons. The molecule has 2 aromatic carbocycles. The largest absolute Gasteiger partial charge is 0.497 e. The summed E-state index contributed by atoms with van der Waals surface area (Å²) < 4.78 is 12.5. The number of anilines is 2. The lowest BCUT2D eigenvalue weighted by molar-refractivity contribution is -0.113. The van der Waals surface area contributed by atoms with Gasteiger partial charge in [0.2, 0.25) is 5.95 Å². The van der Waals surface area contributed by atoms with Gasteiger partial charge in [-0.05, 0) is 55.0 Å². The number of benzene rings is 2. The lowest BCUT2D eigenvalue weighted by atomic mass is 9.94. The number of carbonyl (C=O) groups is 1. The van der Waals surface area contributed by atoms with E-state index in [4.69, 9.17) is 9.47 Å². The van der Waals surface area contributed by atoms with E-state index in [9.17, 15) is 4.79 Å². The molecule has 2 heterocycles. The third-order valence-corrected chi connectivity index (χ3v) is 5.32. The first kappa shape index (κ1) is 20.4. The van der Waals surface area contributed by atoms with E-state index in [0.717, 1.165) is 22.4 Å². The lowest BCUT2D eigenvalue weighted by Crippen LogP contribution is -2.32. The molecule has 2 N–H and O–H groups in total. The van der Waals surface area contributed by atoms with Crippen LogP contribution in [0.4, 0.5) is 11.6 Å². The van der Waals surface area contributed by atoms with Crippen LogP contribution in [0.25, 0.3) is 0 Å². The van der Waals surface area contributed by atoms with Gasteiger partial charge in [-0.25, -0.2) is 0 Å². The van der Waals surface area contributed by atoms with Crippen molar-refractivity contribution in [1.82, 2.24) is 20.2 Å². The van der Waals surface area contributed by atoms with Crippen LogP contribution in [0.5, 0.6) is 11.5 Å². The van der Waals surface area contributed by atoms with E-state index in [0.29, 0.717) is 28.7 Å². The van der Waals surface area contributed by atoms with Crippen LogP contribution >= 0.6 is 0 Å². The number of ether oxygens (including phenoxy) is 2. The summed E-state index contributed by atoms with van der Waals surface area (Å²) in [4.78, 5) is 13.5. The summed E-state index contributed by atoms with van der Waals surface area (Å²) in [6, 6.07) is 10.8. The molecule has 31 heavy (non-hydrogen) atoms. The topological polar surface area (TPSA) is 103 Å². The second kappa shape index (κ2) is 8.10. The predicted molar refractivity (Wildman–Crippen MR) is 116 cm³/mol. The molecule has 0 saturated carbocycles. The van der Waals surface area contributed by atoms with Crippen molar-refractivity contribution in [3.8, 4) is 11.5 Å². The number of aryl methyl sites for hydroxylation is 2. The van der Waals surface area contributed by atoms with Crippen LogP contribution in [0.3, 0.4) is 0 Å². The van der Waals surface area contributed by atoms with Crippen LogP contribution in [0.15, 0.2) is 47.7 Å². The SMILES string of the molecule is COc1ccc(C2C(C(=O)Nc3ccc(C)cc3C)=C(C)Nc3nnnn32)c(OC)c1. The number of nitrogens with one attached hydrogen (secondary N) is 2. The Morgan fingerprint density at radius 3 is 2.61 bits per heavy atom. The Kier molecular flexibility index (Phi) is 5.33. The van der Waals surface area contributed by atoms with Crippen LogP contribution in [-0.2, 0) is 4.79 Å². The van der Waals surface area contributed by atoms with Gasteiger partial charge in [-0.3, -0.25) is 4.79 Å². The lowest BCUT2D eigenvalue weighted by Gasteiger charge is -2.29. The maximum atomic E-state index is 13.5. The van der Waals surface area contributed by atoms with Crippen molar-refractivity contribution in [2.45, 2.75) is 26.8 Å². The maximum absolute atomic E-state index is 13.5. The molecule has 1 atom stereocenters. The summed E-state index contributed by atoms with van der Waals surface area (Å²) in [5.41, 5.74) is 4.75. The smallest absolute Gasteiger partial charge is 0.255 e. The number of hydrogen-bond donors (Lipinski definition) is 2. The standard InChI is InChI=1S/C22H24N6O3/c1-12-6-9-17(13(2)10-12)24-21(29)19-14(3)23-22-25-26-27-28(22)20(19)16-8-7-15(30-4)11-18(16)31-5/h6-11,20H,1-5H3,(H,24,29)(H,23,25,27). The highest BCUT2D eigenvalue weighted by Gasteiger charge is 2.36. The number of amides is 1. The van der Waals surface area contributed by atoms with E-state index in [1.54, 1.807) is 25.0 Å². The Labute approximate surface area is 180 Å². The second-order valence-electron chi connectivity index (χ2n) is 7.39. The van der Waals surface area contributed by atoms with Gasteiger partial charge in [-0.15, -0.1) is 0 Å².